The van der Waals surface area contributed by atoms with Gasteiger partial charge in [0, 0.05) is 12.8 Å². The maximum Gasteiger partial charge on any atom is 0.246 e. The van der Waals surface area contributed by atoms with E-state index in [4.69, 9.17) is 0 Å². The van der Waals surface area contributed by atoms with E-state index in [0.717, 1.165) is 12.5 Å². The summed E-state index contributed by atoms with van der Waals surface area (Å²) in [6, 6.07) is 0.723. The Labute approximate surface area is 69.5 Å². The average Bonchev–Trinajstić information content (AvgIpc) is 1.99. The van der Waals surface area contributed by atoms with Crippen LogP contribution in [0.4, 0.5) is 0 Å². The van der Waals surface area contributed by atoms with Crippen LogP contribution in [0.2, 0.25) is 0 Å². The van der Waals surface area contributed by atoms with Crippen molar-refractivity contribution in [1.29, 1.82) is 0 Å². The number of hydrogen-bond acceptors (Lipinski definition) is 1. The lowest BCUT2D eigenvalue weighted by Crippen LogP contribution is -2.45. The Bertz CT molecular complexity index is 172. The highest BCUT2D eigenvalue weighted by atomic mass is 15.3. The van der Waals surface area contributed by atoms with E-state index in [0.29, 0.717) is 0 Å². The van der Waals surface area contributed by atoms with Crippen molar-refractivity contribution >= 4 is 5.84 Å². The molecule has 1 rings (SSSR count). The molecule has 1 aliphatic heterocycles. The van der Waals surface area contributed by atoms with Gasteiger partial charge < -0.3 is 0 Å². The zero-order valence-electron chi connectivity index (χ0n) is 8.09. The van der Waals surface area contributed by atoms with Gasteiger partial charge in [-0.15, -0.1) is 0 Å². The number of nitrogens with zero attached hydrogens (tertiary/aromatic N) is 2. The highest BCUT2D eigenvalue weighted by Gasteiger charge is 2.26. The third kappa shape index (κ3) is 1.55. The topological polar surface area (TPSA) is 6.25 Å². The van der Waals surface area contributed by atoms with Gasteiger partial charge in [-0.2, -0.15) is 0 Å². The minimum absolute atomic E-state index is 0.723. The molecule has 0 N–H and O–H groups in total. The lowest BCUT2D eigenvalue weighted by atomic mass is 10.1. The van der Waals surface area contributed by atoms with Crippen molar-refractivity contribution < 1.29 is 4.58 Å². The molecule has 2 nitrogen and oxygen atoms in total. The number of amidine groups is 1. The molecular formula is C9H19N2+. The van der Waals surface area contributed by atoms with Crippen LogP contribution in [0.3, 0.4) is 0 Å². The maximum atomic E-state index is 2.39. The molecule has 0 bridgehead atoms. The normalized spacial score (nSPS) is 26.2. The third-order valence-electron chi connectivity index (χ3n) is 2.71. The van der Waals surface area contributed by atoms with Crippen molar-refractivity contribution in [2.45, 2.75) is 32.7 Å². The van der Waals surface area contributed by atoms with Crippen molar-refractivity contribution in [3.05, 3.63) is 0 Å². The van der Waals surface area contributed by atoms with Crippen LogP contribution in [0.25, 0.3) is 0 Å². The molecule has 0 aromatic heterocycles. The van der Waals surface area contributed by atoms with E-state index in [1.165, 1.54) is 18.8 Å². The minimum Gasteiger partial charge on any atom is -0.268 e. The fourth-order valence-electron chi connectivity index (χ4n) is 1.75. The molecule has 1 atom stereocenters. The van der Waals surface area contributed by atoms with Gasteiger partial charge >= 0.3 is 0 Å². The molecule has 0 spiro atoms. The van der Waals surface area contributed by atoms with Gasteiger partial charge in [-0.1, -0.05) is 6.92 Å². The summed E-state index contributed by atoms with van der Waals surface area (Å²) in [7, 11) is 4.38. The van der Waals surface area contributed by atoms with Gasteiger partial charge in [-0.25, -0.2) is 0 Å². The van der Waals surface area contributed by atoms with E-state index in [-0.39, 0.29) is 0 Å². The molecule has 2 heteroatoms. The van der Waals surface area contributed by atoms with Crippen LogP contribution >= 0.6 is 0 Å². The fourth-order valence-corrected chi connectivity index (χ4v) is 1.75. The minimum atomic E-state index is 0.723. The van der Waals surface area contributed by atoms with Crippen molar-refractivity contribution in [2.75, 3.05) is 20.6 Å². The lowest BCUT2D eigenvalue weighted by Gasteiger charge is -2.27. The summed E-state index contributed by atoms with van der Waals surface area (Å²) in [5.41, 5.74) is 0. The molecule has 0 amide bonds. The molecule has 1 aliphatic rings. The van der Waals surface area contributed by atoms with Crippen LogP contribution < -0.4 is 0 Å². The first kappa shape index (κ1) is 8.57. The lowest BCUT2D eigenvalue weighted by molar-refractivity contribution is -0.511. The predicted octanol–water partition coefficient (Wildman–Crippen LogP) is 1.16. The van der Waals surface area contributed by atoms with E-state index < -0.39 is 0 Å². The summed E-state index contributed by atoms with van der Waals surface area (Å²) in [5, 5.41) is 0. The summed E-state index contributed by atoms with van der Waals surface area (Å²) in [6.45, 7) is 5.73. The molecule has 0 radical (unpaired) electrons. The summed E-state index contributed by atoms with van der Waals surface area (Å²) >= 11 is 0. The monoisotopic (exact) mass is 155 g/mol. The Hall–Kier alpha value is -0.530. The molecule has 0 aromatic rings. The average molecular weight is 155 g/mol. The van der Waals surface area contributed by atoms with Gasteiger partial charge in [0.1, 0.15) is 0 Å². The van der Waals surface area contributed by atoms with Gasteiger partial charge in [0.2, 0.25) is 5.84 Å². The molecule has 0 saturated heterocycles. The van der Waals surface area contributed by atoms with Crippen molar-refractivity contribution in [1.82, 2.24) is 4.90 Å². The van der Waals surface area contributed by atoms with Gasteiger partial charge in [-0.3, -0.25) is 9.48 Å². The number of hydrogen-bond donors (Lipinski definition) is 0. The molecule has 0 aliphatic carbocycles. The van der Waals surface area contributed by atoms with Crippen LogP contribution in [0.1, 0.15) is 26.7 Å². The highest BCUT2D eigenvalue weighted by molar-refractivity contribution is 5.77. The molecular weight excluding hydrogens is 136 g/mol. The summed E-state index contributed by atoms with van der Waals surface area (Å²) in [4.78, 5) is 2.39. The molecule has 0 aromatic carbocycles. The van der Waals surface area contributed by atoms with Crippen LogP contribution in [-0.2, 0) is 0 Å². The van der Waals surface area contributed by atoms with Crippen molar-refractivity contribution in [2.24, 2.45) is 0 Å². The van der Waals surface area contributed by atoms with Gasteiger partial charge in [0.25, 0.3) is 0 Å². The van der Waals surface area contributed by atoms with Crippen molar-refractivity contribution in [3.63, 3.8) is 0 Å². The van der Waals surface area contributed by atoms with E-state index in [2.05, 4.69) is 37.4 Å². The van der Waals surface area contributed by atoms with Crippen LogP contribution in [0, 0.1) is 0 Å². The summed E-state index contributed by atoms with van der Waals surface area (Å²) in [5.74, 6) is 1.48. The zero-order valence-corrected chi connectivity index (χ0v) is 8.09. The molecule has 11 heavy (non-hydrogen) atoms. The summed E-state index contributed by atoms with van der Waals surface area (Å²) in [6.07, 6.45) is 2.44. The highest BCUT2D eigenvalue weighted by Crippen LogP contribution is 2.09. The SMILES string of the molecule is CCC1=[N+](C)CCC(C)N1C. The second-order valence-corrected chi connectivity index (χ2v) is 3.44. The van der Waals surface area contributed by atoms with E-state index in [1.54, 1.807) is 0 Å². The second kappa shape index (κ2) is 3.24. The summed E-state index contributed by atoms with van der Waals surface area (Å²) < 4.78 is 2.36. The Balaban J connectivity index is 2.80. The van der Waals surface area contributed by atoms with E-state index in [1.807, 2.05) is 0 Å². The Morgan fingerprint density at radius 1 is 1.64 bits per heavy atom. The Morgan fingerprint density at radius 3 is 2.73 bits per heavy atom. The number of rotatable bonds is 1. The molecule has 64 valence electrons. The first-order valence-electron chi connectivity index (χ1n) is 4.46. The van der Waals surface area contributed by atoms with E-state index >= 15 is 0 Å². The van der Waals surface area contributed by atoms with Crippen molar-refractivity contribution in [3.8, 4) is 0 Å². The Morgan fingerprint density at radius 2 is 2.27 bits per heavy atom. The predicted molar refractivity (Wildman–Crippen MR) is 48.2 cm³/mol. The quantitative estimate of drug-likeness (QED) is 0.515. The van der Waals surface area contributed by atoms with Crippen LogP contribution in [0.5, 0.6) is 0 Å². The first-order chi connectivity index (χ1) is 5.16. The standard InChI is InChI=1S/C9H19N2/c1-5-9-10(3)7-6-8(2)11(9)4/h8H,5-7H2,1-4H3/q+1. The molecule has 1 unspecified atom stereocenters. The van der Waals surface area contributed by atoms with E-state index in [9.17, 15) is 0 Å². The molecule has 0 saturated carbocycles. The molecule has 0 fully saturated rings. The van der Waals surface area contributed by atoms with Crippen LogP contribution in [-0.4, -0.2) is 42.0 Å². The third-order valence-corrected chi connectivity index (χ3v) is 2.71. The fraction of sp³-hybridized carbons (Fsp3) is 0.889. The van der Waals surface area contributed by atoms with Crippen LogP contribution in [0.15, 0.2) is 0 Å². The zero-order chi connectivity index (χ0) is 8.43. The molecule has 1 heterocycles. The largest absolute Gasteiger partial charge is 0.268 e. The van der Waals surface area contributed by atoms with Gasteiger partial charge in [0.05, 0.1) is 26.7 Å². The first-order valence-corrected chi connectivity index (χ1v) is 4.46. The van der Waals surface area contributed by atoms with Gasteiger partial charge in [-0.05, 0) is 6.92 Å². The smallest absolute Gasteiger partial charge is 0.246 e. The second-order valence-electron chi connectivity index (χ2n) is 3.44. The Kier molecular flexibility index (Phi) is 2.53. The van der Waals surface area contributed by atoms with Gasteiger partial charge in [0.15, 0.2) is 0 Å². The maximum absolute atomic E-state index is 2.39.